The van der Waals surface area contributed by atoms with Gasteiger partial charge in [-0.25, -0.2) is 0 Å². The average Bonchev–Trinajstić information content (AvgIpc) is 3.10. The van der Waals surface area contributed by atoms with Gasteiger partial charge in [-0.2, -0.15) is 0 Å². The third kappa shape index (κ3) is 3.69. The van der Waals surface area contributed by atoms with Crippen molar-refractivity contribution in [3.8, 4) is 0 Å². The van der Waals surface area contributed by atoms with Crippen molar-refractivity contribution in [2.45, 2.75) is 70.9 Å². The molecule has 0 aromatic rings. The highest BCUT2D eigenvalue weighted by Gasteiger charge is 2.42. The smallest absolute Gasteiger partial charge is 0.0309 e. The van der Waals surface area contributed by atoms with Crippen LogP contribution in [0.1, 0.15) is 59.3 Å². The minimum Gasteiger partial charge on any atom is -0.329 e. The van der Waals surface area contributed by atoms with Gasteiger partial charge in [-0.05, 0) is 51.0 Å². The Kier molecular flexibility index (Phi) is 4.14. The van der Waals surface area contributed by atoms with Gasteiger partial charge in [0.05, 0.1) is 0 Å². The normalized spacial score (nSPS) is 24.4. The fraction of sp³-hybridized carbons (Fsp3) is 1.00. The molecule has 0 aliphatic heterocycles. The van der Waals surface area contributed by atoms with Crippen LogP contribution in [0.3, 0.4) is 0 Å². The van der Waals surface area contributed by atoms with Gasteiger partial charge in [-0.15, -0.1) is 0 Å². The van der Waals surface area contributed by atoms with E-state index in [9.17, 15) is 0 Å². The zero-order valence-corrected chi connectivity index (χ0v) is 11.9. The van der Waals surface area contributed by atoms with E-state index in [1.165, 1.54) is 45.1 Å². The van der Waals surface area contributed by atoms with E-state index in [-0.39, 0.29) is 5.54 Å². The molecule has 2 fully saturated rings. The molecule has 0 bridgehead atoms. The highest BCUT2D eigenvalue weighted by Crippen LogP contribution is 2.42. The lowest BCUT2D eigenvalue weighted by molar-refractivity contribution is 0.0813. The molecule has 2 nitrogen and oxygen atoms in total. The Morgan fingerprint density at radius 3 is 2.29 bits per heavy atom. The van der Waals surface area contributed by atoms with Gasteiger partial charge in [0, 0.05) is 18.1 Å². The van der Waals surface area contributed by atoms with Crippen LogP contribution < -0.4 is 5.73 Å². The molecule has 1 atom stereocenters. The Balaban J connectivity index is 1.95. The Bertz CT molecular complexity index is 243. The second kappa shape index (κ2) is 5.27. The summed E-state index contributed by atoms with van der Waals surface area (Å²) < 4.78 is 0. The maximum absolute atomic E-state index is 6.11. The van der Waals surface area contributed by atoms with Gasteiger partial charge in [0.25, 0.3) is 0 Å². The Hall–Kier alpha value is -0.0800. The number of hydrogen-bond acceptors (Lipinski definition) is 2. The summed E-state index contributed by atoms with van der Waals surface area (Å²) in [5.74, 6) is 1.78. The molecule has 0 heterocycles. The van der Waals surface area contributed by atoms with Crippen molar-refractivity contribution < 1.29 is 0 Å². The topological polar surface area (TPSA) is 29.3 Å². The van der Waals surface area contributed by atoms with E-state index in [4.69, 9.17) is 5.73 Å². The molecule has 0 aromatic heterocycles. The van der Waals surface area contributed by atoms with E-state index < -0.39 is 0 Å². The molecule has 0 spiro atoms. The molecule has 2 heteroatoms. The molecule has 2 aliphatic rings. The van der Waals surface area contributed by atoms with Crippen molar-refractivity contribution in [3.63, 3.8) is 0 Å². The summed E-state index contributed by atoms with van der Waals surface area (Å²) in [6.45, 7) is 9.14. The summed E-state index contributed by atoms with van der Waals surface area (Å²) >= 11 is 0. The first-order chi connectivity index (χ1) is 8.05. The van der Waals surface area contributed by atoms with Crippen molar-refractivity contribution in [1.82, 2.24) is 4.90 Å². The van der Waals surface area contributed by atoms with Gasteiger partial charge >= 0.3 is 0 Å². The first kappa shape index (κ1) is 13.4. The lowest BCUT2D eigenvalue weighted by atomic mass is 9.91. The summed E-state index contributed by atoms with van der Waals surface area (Å²) in [5, 5.41) is 0. The second-order valence-corrected chi connectivity index (χ2v) is 6.96. The molecule has 100 valence electrons. The van der Waals surface area contributed by atoms with Gasteiger partial charge in [0.2, 0.25) is 0 Å². The van der Waals surface area contributed by atoms with Crippen molar-refractivity contribution in [2.24, 2.45) is 17.6 Å². The third-order valence-corrected chi connectivity index (χ3v) is 4.49. The molecule has 1 unspecified atom stereocenters. The van der Waals surface area contributed by atoms with Crippen LogP contribution in [-0.2, 0) is 0 Å². The molecule has 17 heavy (non-hydrogen) atoms. The zero-order chi connectivity index (χ0) is 12.5. The second-order valence-electron chi connectivity index (χ2n) is 6.96. The molecule has 2 N–H and O–H groups in total. The first-order valence-corrected chi connectivity index (χ1v) is 7.52. The van der Waals surface area contributed by atoms with Crippen LogP contribution >= 0.6 is 0 Å². The van der Waals surface area contributed by atoms with Crippen LogP contribution in [-0.4, -0.2) is 29.6 Å². The summed E-state index contributed by atoms with van der Waals surface area (Å²) in [5.41, 5.74) is 6.39. The lowest BCUT2D eigenvalue weighted by Crippen LogP contribution is -2.53. The van der Waals surface area contributed by atoms with Crippen molar-refractivity contribution >= 4 is 0 Å². The fourth-order valence-corrected chi connectivity index (χ4v) is 2.94. The maximum Gasteiger partial charge on any atom is 0.0309 e. The Morgan fingerprint density at radius 1 is 1.24 bits per heavy atom. The van der Waals surface area contributed by atoms with E-state index in [1.807, 2.05) is 0 Å². The highest BCUT2D eigenvalue weighted by atomic mass is 15.2. The van der Waals surface area contributed by atoms with Crippen LogP contribution in [0.4, 0.5) is 0 Å². The van der Waals surface area contributed by atoms with E-state index in [0.29, 0.717) is 0 Å². The minimum atomic E-state index is 0.275. The van der Waals surface area contributed by atoms with Crippen molar-refractivity contribution in [1.29, 1.82) is 0 Å². The Labute approximate surface area is 107 Å². The van der Waals surface area contributed by atoms with Crippen LogP contribution in [0.5, 0.6) is 0 Å². The standard InChI is InChI=1S/C15H30N2/c1-12(2)8-9-17(14-6-7-14)15(3,11-16)10-13-4-5-13/h12-14H,4-11,16H2,1-3H3. The van der Waals surface area contributed by atoms with E-state index >= 15 is 0 Å². The predicted molar refractivity (Wildman–Crippen MR) is 74.0 cm³/mol. The van der Waals surface area contributed by atoms with Gasteiger partial charge < -0.3 is 5.73 Å². The minimum absolute atomic E-state index is 0.275. The van der Waals surface area contributed by atoms with Gasteiger partial charge in [-0.3, -0.25) is 4.90 Å². The summed E-state index contributed by atoms with van der Waals surface area (Å²) in [4.78, 5) is 2.76. The Morgan fingerprint density at radius 2 is 1.88 bits per heavy atom. The van der Waals surface area contributed by atoms with E-state index in [2.05, 4.69) is 25.7 Å². The van der Waals surface area contributed by atoms with E-state index in [0.717, 1.165) is 24.4 Å². The molecule has 0 aromatic carbocycles. The average molecular weight is 238 g/mol. The molecule has 2 aliphatic carbocycles. The van der Waals surface area contributed by atoms with E-state index in [1.54, 1.807) is 0 Å². The first-order valence-electron chi connectivity index (χ1n) is 7.52. The molecule has 0 amide bonds. The quantitative estimate of drug-likeness (QED) is 0.704. The van der Waals surface area contributed by atoms with Crippen molar-refractivity contribution in [3.05, 3.63) is 0 Å². The molecular formula is C15H30N2. The van der Waals surface area contributed by atoms with Crippen LogP contribution in [0, 0.1) is 11.8 Å². The highest BCUT2D eigenvalue weighted by molar-refractivity contribution is 4.99. The molecule has 2 saturated carbocycles. The lowest BCUT2D eigenvalue weighted by Gasteiger charge is -2.42. The fourth-order valence-electron chi connectivity index (χ4n) is 2.94. The number of hydrogen-bond donors (Lipinski definition) is 1. The van der Waals surface area contributed by atoms with Crippen LogP contribution in [0.25, 0.3) is 0 Å². The number of nitrogens with two attached hydrogens (primary N) is 1. The van der Waals surface area contributed by atoms with Gasteiger partial charge in [0.1, 0.15) is 0 Å². The van der Waals surface area contributed by atoms with Crippen molar-refractivity contribution in [2.75, 3.05) is 13.1 Å². The largest absolute Gasteiger partial charge is 0.329 e. The summed E-state index contributed by atoms with van der Waals surface area (Å²) in [6, 6.07) is 0.848. The summed E-state index contributed by atoms with van der Waals surface area (Å²) in [7, 11) is 0. The molecule has 0 saturated heterocycles. The number of nitrogens with zero attached hydrogens (tertiary/aromatic N) is 1. The molecular weight excluding hydrogens is 208 g/mol. The van der Waals surface area contributed by atoms with Gasteiger partial charge in [0.15, 0.2) is 0 Å². The predicted octanol–water partition coefficient (Wildman–Crippen LogP) is 3.01. The molecule has 2 rings (SSSR count). The monoisotopic (exact) mass is 238 g/mol. The maximum atomic E-state index is 6.11. The number of rotatable bonds is 8. The van der Waals surface area contributed by atoms with Gasteiger partial charge in [-0.1, -0.05) is 26.7 Å². The van der Waals surface area contributed by atoms with Crippen LogP contribution in [0.2, 0.25) is 0 Å². The molecule has 0 radical (unpaired) electrons. The zero-order valence-electron chi connectivity index (χ0n) is 11.9. The van der Waals surface area contributed by atoms with Crippen LogP contribution in [0.15, 0.2) is 0 Å². The SMILES string of the molecule is CC(C)CCN(C1CC1)C(C)(CN)CC1CC1. The summed E-state index contributed by atoms with van der Waals surface area (Å²) in [6.07, 6.45) is 8.34. The third-order valence-electron chi connectivity index (χ3n) is 4.49.